The third-order valence-electron chi connectivity index (χ3n) is 2.54. The van der Waals surface area contributed by atoms with Gasteiger partial charge in [-0.25, -0.2) is 4.98 Å². The number of benzene rings is 1. The molecule has 2 aromatic rings. The van der Waals surface area contributed by atoms with Crippen LogP contribution in [0.4, 0.5) is 5.69 Å². The largest absolute Gasteiger partial charge is 0.444 e. The molecule has 0 radical (unpaired) electrons. The molecule has 3 N–H and O–H groups in total. The quantitative estimate of drug-likeness (QED) is 0.828. The Morgan fingerprint density at radius 2 is 2.22 bits per heavy atom. The van der Waals surface area contributed by atoms with E-state index in [1.165, 1.54) is 0 Å². The van der Waals surface area contributed by atoms with Crippen molar-refractivity contribution in [2.45, 2.75) is 20.4 Å². The topological polar surface area (TPSA) is 64.1 Å². The van der Waals surface area contributed by atoms with E-state index in [0.29, 0.717) is 17.4 Å². The van der Waals surface area contributed by atoms with Crippen molar-refractivity contribution in [1.82, 2.24) is 4.98 Å². The van der Waals surface area contributed by atoms with E-state index >= 15 is 0 Å². The van der Waals surface area contributed by atoms with Crippen molar-refractivity contribution in [1.29, 1.82) is 0 Å². The molecule has 0 unspecified atom stereocenters. The molecule has 5 heteroatoms. The minimum atomic E-state index is 0.376. The minimum absolute atomic E-state index is 0.376. The number of aromatic nitrogens is 1. The second-order valence-electron chi connectivity index (χ2n) is 4.13. The normalized spacial score (nSPS) is 10.3. The molecule has 0 amide bonds. The van der Waals surface area contributed by atoms with Gasteiger partial charge in [-0.2, -0.15) is 0 Å². The molecule has 1 aromatic carbocycles. The van der Waals surface area contributed by atoms with Gasteiger partial charge in [0.15, 0.2) is 0 Å². The summed E-state index contributed by atoms with van der Waals surface area (Å²) in [4.78, 5) is 4.51. The SMILES string of the molecule is Cc1ccc(C(N)=S)c(NCc2ncc(C)o2)c1. The van der Waals surface area contributed by atoms with E-state index in [4.69, 9.17) is 22.4 Å². The third-order valence-corrected chi connectivity index (χ3v) is 2.76. The maximum absolute atomic E-state index is 5.69. The first kappa shape index (κ1) is 12.6. The fraction of sp³-hybridized carbons (Fsp3) is 0.231. The van der Waals surface area contributed by atoms with Crippen molar-refractivity contribution in [2.24, 2.45) is 5.73 Å². The molecule has 0 bridgehead atoms. The third kappa shape index (κ3) is 2.87. The molecule has 0 saturated carbocycles. The lowest BCUT2D eigenvalue weighted by molar-refractivity contribution is 0.479. The van der Waals surface area contributed by atoms with Crippen molar-refractivity contribution in [3.63, 3.8) is 0 Å². The summed E-state index contributed by atoms with van der Waals surface area (Å²) in [5.74, 6) is 1.44. The van der Waals surface area contributed by atoms with E-state index in [2.05, 4.69) is 10.3 Å². The standard InChI is InChI=1S/C13H15N3OS/c1-8-3-4-10(13(14)18)11(5-8)15-7-12-16-6-9(2)17-12/h3-6,15H,7H2,1-2H3,(H2,14,18). The highest BCUT2D eigenvalue weighted by molar-refractivity contribution is 7.80. The lowest BCUT2D eigenvalue weighted by Gasteiger charge is -2.10. The fourth-order valence-electron chi connectivity index (χ4n) is 1.67. The van der Waals surface area contributed by atoms with Gasteiger partial charge in [0.25, 0.3) is 0 Å². The zero-order valence-corrected chi connectivity index (χ0v) is 11.2. The summed E-state index contributed by atoms with van der Waals surface area (Å²) >= 11 is 5.03. The molecule has 4 nitrogen and oxygen atoms in total. The number of hydrogen-bond acceptors (Lipinski definition) is 4. The number of nitrogens with two attached hydrogens (primary N) is 1. The molecular formula is C13H15N3OS. The molecule has 0 aliphatic carbocycles. The van der Waals surface area contributed by atoms with Crippen LogP contribution in [0.5, 0.6) is 0 Å². The van der Waals surface area contributed by atoms with Gasteiger partial charge in [0.05, 0.1) is 12.7 Å². The van der Waals surface area contributed by atoms with Gasteiger partial charge in [0.2, 0.25) is 5.89 Å². The Bertz CT molecular complexity index is 577. The van der Waals surface area contributed by atoms with Crippen LogP contribution in [-0.4, -0.2) is 9.97 Å². The van der Waals surface area contributed by atoms with Crippen molar-refractivity contribution in [3.05, 3.63) is 47.2 Å². The molecule has 18 heavy (non-hydrogen) atoms. The van der Waals surface area contributed by atoms with Gasteiger partial charge >= 0.3 is 0 Å². The summed E-state index contributed by atoms with van der Waals surface area (Å²) in [6, 6.07) is 5.90. The summed E-state index contributed by atoms with van der Waals surface area (Å²) in [5, 5.41) is 3.24. The Kier molecular flexibility index (Phi) is 3.62. The number of nitrogens with zero attached hydrogens (tertiary/aromatic N) is 1. The van der Waals surface area contributed by atoms with Crippen LogP contribution < -0.4 is 11.1 Å². The van der Waals surface area contributed by atoms with Crippen LogP contribution in [0, 0.1) is 13.8 Å². The van der Waals surface area contributed by atoms with Crippen LogP contribution in [0.25, 0.3) is 0 Å². The number of aryl methyl sites for hydroxylation is 2. The maximum Gasteiger partial charge on any atom is 0.213 e. The molecule has 1 heterocycles. The van der Waals surface area contributed by atoms with Gasteiger partial charge in [-0.05, 0) is 31.5 Å². The first-order valence-corrected chi connectivity index (χ1v) is 6.02. The Morgan fingerprint density at radius 3 is 2.83 bits per heavy atom. The zero-order valence-electron chi connectivity index (χ0n) is 10.4. The van der Waals surface area contributed by atoms with Gasteiger partial charge in [-0.15, -0.1) is 0 Å². The van der Waals surface area contributed by atoms with Gasteiger partial charge in [0.1, 0.15) is 10.7 Å². The smallest absolute Gasteiger partial charge is 0.213 e. The summed E-state index contributed by atoms with van der Waals surface area (Å²) < 4.78 is 5.40. The van der Waals surface area contributed by atoms with Gasteiger partial charge in [-0.1, -0.05) is 18.3 Å². The second kappa shape index (κ2) is 5.18. The minimum Gasteiger partial charge on any atom is -0.444 e. The van der Waals surface area contributed by atoms with E-state index in [-0.39, 0.29) is 0 Å². The van der Waals surface area contributed by atoms with E-state index in [9.17, 15) is 0 Å². The molecule has 0 aliphatic heterocycles. The first-order valence-electron chi connectivity index (χ1n) is 5.62. The Balaban J connectivity index is 2.17. The molecule has 0 saturated heterocycles. The lowest BCUT2D eigenvalue weighted by atomic mass is 10.1. The monoisotopic (exact) mass is 261 g/mol. The predicted molar refractivity (Wildman–Crippen MR) is 75.6 cm³/mol. The van der Waals surface area contributed by atoms with Gasteiger partial charge in [0, 0.05) is 11.3 Å². The molecule has 0 atom stereocenters. The van der Waals surface area contributed by atoms with Gasteiger partial charge in [-0.3, -0.25) is 0 Å². The van der Waals surface area contributed by atoms with Crippen molar-refractivity contribution < 1.29 is 4.42 Å². The number of thiocarbonyl (C=S) groups is 1. The van der Waals surface area contributed by atoms with E-state index < -0.39 is 0 Å². The number of hydrogen-bond donors (Lipinski definition) is 2. The van der Waals surface area contributed by atoms with Crippen molar-refractivity contribution >= 4 is 22.9 Å². The van der Waals surface area contributed by atoms with Crippen LogP contribution in [0.3, 0.4) is 0 Å². The average Bonchev–Trinajstić information content (AvgIpc) is 2.72. The molecule has 1 aromatic heterocycles. The Labute approximate surface area is 111 Å². The van der Waals surface area contributed by atoms with E-state index in [0.717, 1.165) is 22.6 Å². The van der Waals surface area contributed by atoms with Crippen LogP contribution in [-0.2, 0) is 6.54 Å². The Hall–Kier alpha value is -1.88. The molecule has 94 valence electrons. The Morgan fingerprint density at radius 1 is 1.44 bits per heavy atom. The number of anilines is 1. The number of rotatable bonds is 4. The van der Waals surface area contributed by atoms with E-state index in [1.807, 2.05) is 32.0 Å². The van der Waals surface area contributed by atoms with Crippen LogP contribution in [0.2, 0.25) is 0 Å². The lowest BCUT2D eigenvalue weighted by Crippen LogP contribution is -2.13. The highest BCUT2D eigenvalue weighted by atomic mass is 32.1. The highest BCUT2D eigenvalue weighted by Gasteiger charge is 2.07. The predicted octanol–water partition coefficient (Wildman–Crippen LogP) is 2.54. The molecule has 0 aliphatic rings. The highest BCUT2D eigenvalue weighted by Crippen LogP contribution is 2.18. The average molecular weight is 261 g/mol. The maximum atomic E-state index is 5.69. The first-order chi connectivity index (χ1) is 8.56. The summed E-state index contributed by atoms with van der Waals surface area (Å²) in [5.41, 5.74) is 8.56. The van der Waals surface area contributed by atoms with Gasteiger partial charge < -0.3 is 15.5 Å². The van der Waals surface area contributed by atoms with Crippen LogP contribution in [0.1, 0.15) is 22.8 Å². The second-order valence-corrected chi connectivity index (χ2v) is 4.57. The molecule has 0 fully saturated rings. The number of oxazole rings is 1. The number of nitrogens with one attached hydrogen (secondary N) is 1. The molecule has 2 rings (SSSR count). The fourth-order valence-corrected chi connectivity index (χ4v) is 1.85. The van der Waals surface area contributed by atoms with Crippen molar-refractivity contribution in [3.8, 4) is 0 Å². The summed E-state index contributed by atoms with van der Waals surface area (Å²) in [7, 11) is 0. The van der Waals surface area contributed by atoms with Crippen LogP contribution >= 0.6 is 12.2 Å². The zero-order chi connectivity index (χ0) is 13.1. The summed E-state index contributed by atoms with van der Waals surface area (Å²) in [6.07, 6.45) is 1.70. The summed E-state index contributed by atoms with van der Waals surface area (Å²) in [6.45, 7) is 4.39. The van der Waals surface area contributed by atoms with Crippen molar-refractivity contribution in [2.75, 3.05) is 5.32 Å². The molecular weight excluding hydrogens is 246 g/mol. The molecule has 0 spiro atoms. The van der Waals surface area contributed by atoms with E-state index in [1.54, 1.807) is 6.20 Å². The van der Waals surface area contributed by atoms with Crippen LogP contribution in [0.15, 0.2) is 28.8 Å².